The molecule has 2 fully saturated rings. The highest BCUT2D eigenvalue weighted by Crippen LogP contribution is 2.48. The van der Waals surface area contributed by atoms with Gasteiger partial charge in [0.2, 0.25) is 0 Å². The van der Waals surface area contributed by atoms with Gasteiger partial charge in [-0.1, -0.05) is 44.4 Å². The normalized spacial score (nSPS) is 27.9. The number of hydrogen-bond acceptors (Lipinski definition) is 1. The van der Waals surface area contributed by atoms with Crippen molar-refractivity contribution in [3.8, 4) is 6.07 Å². The zero-order valence-electron chi connectivity index (χ0n) is 16.0. The second-order valence-corrected chi connectivity index (χ2v) is 8.64. The number of hydrogen-bond donors (Lipinski definition) is 0. The Hall–Kier alpha value is -1.95. The molecule has 4 unspecified atom stereocenters. The SMILES string of the molecule is CCCC1CCC2CC(c3ccc4c(F)c(C#N)c(F)cc4c3)CCC2C1. The first-order valence-corrected chi connectivity index (χ1v) is 10.4. The van der Waals surface area contributed by atoms with E-state index in [2.05, 4.69) is 6.92 Å². The predicted molar refractivity (Wildman–Crippen MR) is 104 cm³/mol. The van der Waals surface area contributed by atoms with Gasteiger partial charge in [0.15, 0.2) is 5.82 Å². The Balaban J connectivity index is 1.55. The van der Waals surface area contributed by atoms with E-state index in [-0.39, 0.29) is 0 Å². The molecule has 2 saturated carbocycles. The lowest BCUT2D eigenvalue weighted by Gasteiger charge is -2.42. The number of rotatable bonds is 3. The summed E-state index contributed by atoms with van der Waals surface area (Å²) in [5.41, 5.74) is 0.708. The summed E-state index contributed by atoms with van der Waals surface area (Å²) >= 11 is 0. The molecular formula is C24H27F2N. The maximum absolute atomic E-state index is 14.4. The lowest BCUT2D eigenvalue weighted by Crippen LogP contribution is -2.30. The molecule has 0 saturated heterocycles. The summed E-state index contributed by atoms with van der Waals surface area (Å²) in [4.78, 5) is 0. The third kappa shape index (κ3) is 3.47. The van der Waals surface area contributed by atoms with Gasteiger partial charge in [-0.05, 0) is 72.8 Å². The molecule has 4 atom stereocenters. The zero-order chi connectivity index (χ0) is 19.0. The maximum atomic E-state index is 14.4. The van der Waals surface area contributed by atoms with Gasteiger partial charge in [-0.3, -0.25) is 0 Å². The minimum Gasteiger partial charge on any atom is -0.205 e. The number of nitrogens with zero attached hydrogens (tertiary/aromatic N) is 1. The van der Waals surface area contributed by atoms with Crippen LogP contribution >= 0.6 is 0 Å². The molecule has 0 radical (unpaired) electrons. The second kappa shape index (κ2) is 7.58. The fraction of sp³-hybridized carbons (Fsp3) is 0.542. The van der Waals surface area contributed by atoms with E-state index >= 15 is 0 Å². The monoisotopic (exact) mass is 367 g/mol. The number of nitriles is 1. The van der Waals surface area contributed by atoms with Crippen LogP contribution in [-0.4, -0.2) is 0 Å². The van der Waals surface area contributed by atoms with Gasteiger partial charge >= 0.3 is 0 Å². The molecule has 2 aromatic carbocycles. The summed E-state index contributed by atoms with van der Waals surface area (Å²) in [6.07, 6.45) is 10.4. The minimum absolute atomic E-state index is 0.338. The largest absolute Gasteiger partial charge is 0.205 e. The van der Waals surface area contributed by atoms with E-state index in [9.17, 15) is 8.78 Å². The topological polar surface area (TPSA) is 23.8 Å². The van der Waals surface area contributed by atoms with Gasteiger partial charge < -0.3 is 0 Å². The fourth-order valence-corrected chi connectivity index (χ4v) is 5.66. The van der Waals surface area contributed by atoms with Crippen LogP contribution in [0.5, 0.6) is 0 Å². The van der Waals surface area contributed by atoms with Crippen molar-refractivity contribution in [3.63, 3.8) is 0 Å². The van der Waals surface area contributed by atoms with Crippen molar-refractivity contribution in [2.24, 2.45) is 17.8 Å². The van der Waals surface area contributed by atoms with Crippen molar-refractivity contribution in [1.82, 2.24) is 0 Å². The van der Waals surface area contributed by atoms with Gasteiger partial charge in [0.25, 0.3) is 0 Å². The molecule has 0 amide bonds. The van der Waals surface area contributed by atoms with E-state index in [1.165, 1.54) is 63.0 Å². The predicted octanol–water partition coefficient (Wildman–Crippen LogP) is 7.09. The van der Waals surface area contributed by atoms with Gasteiger partial charge in [-0.2, -0.15) is 5.26 Å². The highest BCUT2D eigenvalue weighted by molar-refractivity contribution is 5.85. The molecule has 0 spiro atoms. The molecule has 0 N–H and O–H groups in total. The first kappa shape index (κ1) is 18.4. The third-order valence-corrected chi connectivity index (χ3v) is 7.05. The van der Waals surface area contributed by atoms with Crippen LogP contribution in [0.3, 0.4) is 0 Å². The summed E-state index contributed by atoms with van der Waals surface area (Å²) in [5.74, 6) is 1.59. The summed E-state index contributed by atoms with van der Waals surface area (Å²) in [6.45, 7) is 2.29. The summed E-state index contributed by atoms with van der Waals surface area (Å²) in [6, 6.07) is 8.59. The molecule has 4 rings (SSSR count). The van der Waals surface area contributed by atoms with E-state index in [0.717, 1.165) is 17.8 Å². The highest BCUT2D eigenvalue weighted by Gasteiger charge is 2.35. The molecule has 2 aliphatic rings. The Morgan fingerprint density at radius 2 is 1.81 bits per heavy atom. The lowest BCUT2D eigenvalue weighted by atomic mass is 9.63. The van der Waals surface area contributed by atoms with Crippen molar-refractivity contribution in [2.45, 2.75) is 64.2 Å². The average Bonchev–Trinajstić information content (AvgIpc) is 2.67. The average molecular weight is 367 g/mol. The molecule has 0 aromatic heterocycles. The third-order valence-electron chi connectivity index (χ3n) is 7.05. The molecule has 1 nitrogen and oxygen atoms in total. The Morgan fingerprint density at radius 1 is 1.04 bits per heavy atom. The standard InChI is InChI=1S/C24H27F2N/c1-2-3-15-4-5-17-11-18(7-6-16(17)10-15)19-8-9-21-20(12-19)13-23(25)22(14-27)24(21)26/h8-9,12-13,15-18H,2-7,10-11H2,1H3. The molecular weight excluding hydrogens is 340 g/mol. The van der Waals surface area contributed by atoms with Crippen molar-refractivity contribution in [1.29, 1.82) is 5.26 Å². The van der Waals surface area contributed by atoms with E-state index < -0.39 is 17.2 Å². The molecule has 27 heavy (non-hydrogen) atoms. The van der Waals surface area contributed by atoms with Gasteiger partial charge in [0.1, 0.15) is 17.4 Å². The van der Waals surface area contributed by atoms with Gasteiger partial charge in [0.05, 0.1) is 0 Å². The van der Waals surface area contributed by atoms with Crippen LogP contribution in [0.25, 0.3) is 10.8 Å². The first-order chi connectivity index (χ1) is 13.1. The van der Waals surface area contributed by atoms with Crippen LogP contribution in [-0.2, 0) is 0 Å². The Kier molecular flexibility index (Phi) is 5.17. The van der Waals surface area contributed by atoms with Crippen LogP contribution in [0.15, 0.2) is 24.3 Å². The van der Waals surface area contributed by atoms with Crippen molar-refractivity contribution >= 4 is 10.8 Å². The van der Waals surface area contributed by atoms with Crippen LogP contribution < -0.4 is 0 Å². The van der Waals surface area contributed by atoms with E-state index in [1.807, 2.05) is 12.1 Å². The van der Waals surface area contributed by atoms with Crippen LogP contribution in [0.2, 0.25) is 0 Å². The van der Waals surface area contributed by atoms with Crippen molar-refractivity contribution in [2.75, 3.05) is 0 Å². The van der Waals surface area contributed by atoms with Crippen LogP contribution in [0.1, 0.15) is 75.3 Å². The number of benzene rings is 2. The van der Waals surface area contributed by atoms with Crippen molar-refractivity contribution < 1.29 is 8.78 Å². The molecule has 3 heteroatoms. The van der Waals surface area contributed by atoms with E-state index in [0.29, 0.717) is 16.7 Å². The number of fused-ring (bicyclic) bond motifs is 2. The minimum atomic E-state index is -0.766. The Labute approximate surface area is 160 Å². The van der Waals surface area contributed by atoms with Crippen LogP contribution in [0.4, 0.5) is 8.78 Å². The molecule has 0 bridgehead atoms. The molecule has 0 aliphatic heterocycles. The Morgan fingerprint density at radius 3 is 2.59 bits per heavy atom. The summed E-state index contributed by atoms with van der Waals surface area (Å²) < 4.78 is 28.4. The zero-order valence-corrected chi connectivity index (χ0v) is 16.0. The van der Waals surface area contributed by atoms with Gasteiger partial charge in [-0.25, -0.2) is 8.78 Å². The van der Waals surface area contributed by atoms with E-state index in [4.69, 9.17) is 5.26 Å². The molecule has 2 aliphatic carbocycles. The summed E-state index contributed by atoms with van der Waals surface area (Å²) in [5, 5.41) is 9.85. The van der Waals surface area contributed by atoms with Gasteiger partial charge in [-0.15, -0.1) is 0 Å². The van der Waals surface area contributed by atoms with Gasteiger partial charge in [0, 0.05) is 5.39 Å². The molecule has 0 heterocycles. The quantitative estimate of drug-likeness (QED) is 0.568. The van der Waals surface area contributed by atoms with E-state index in [1.54, 1.807) is 12.1 Å². The maximum Gasteiger partial charge on any atom is 0.151 e. The molecule has 142 valence electrons. The van der Waals surface area contributed by atoms with Crippen molar-refractivity contribution in [3.05, 3.63) is 47.0 Å². The lowest BCUT2D eigenvalue weighted by molar-refractivity contribution is 0.114. The number of halogens is 2. The van der Waals surface area contributed by atoms with Crippen LogP contribution in [0, 0.1) is 40.7 Å². The molecule has 2 aromatic rings. The summed E-state index contributed by atoms with van der Waals surface area (Å²) in [7, 11) is 0. The smallest absolute Gasteiger partial charge is 0.151 e. The second-order valence-electron chi connectivity index (χ2n) is 8.64. The first-order valence-electron chi connectivity index (χ1n) is 10.4. The Bertz CT molecular complexity index is 882. The fourth-order valence-electron chi connectivity index (χ4n) is 5.66. The highest BCUT2D eigenvalue weighted by atomic mass is 19.1.